The summed E-state index contributed by atoms with van der Waals surface area (Å²) in [5.74, 6) is -0.933. The van der Waals surface area contributed by atoms with E-state index in [9.17, 15) is 14.4 Å². The summed E-state index contributed by atoms with van der Waals surface area (Å²) in [5.41, 5.74) is 1.12. The second-order valence-corrected chi connectivity index (χ2v) is 9.67. The molecule has 1 atom stereocenters. The quantitative estimate of drug-likeness (QED) is 0.526. The molecule has 0 bridgehead atoms. The lowest BCUT2D eigenvalue weighted by Crippen LogP contribution is -2.50. The summed E-state index contributed by atoms with van der Waals surface area (Å²) in [4.78, 5) is 41.3. The SMILES string of the molecule is CC(C)(C)NC(=O)C(c1ccccc1)N(Cc1ccccc1)C(=O)CNC(=O)c1cccs1. The van der Waals surface area contributed by atoms with Gasteiger partial charge in [0.25, 0.3) is 5.91 Å². The number of thiophene rings is 1. The van der Waals surface area contributed by atoms with Crippen LogP contribution in [0.2, 0.25) is 0 Å². The Bertz CT molecular complexity index is 1060. The monoisotopic (exact) mass is 463 g/mol. The van der Waals surface area contributed by atoms with Crippen LogP contribution in [0.15, 0.2) is 78.2 Å². The lowest BCUT2D eigenvalue weighted by Gasteiger charge is -2.34. The fourth-order valence-corrected chi connectivity index (χ4v) is 4.04. The third-order valence-corrected chi connectivity index (χ3v) is 5.70. The molecule has 0 aliphatic heterocycles. The van der Waals surface area contributed by atoms with Crippen LogP contribution in [0.25, 0.3) is 0 Å². The molecular formula is C26H29N3O3S. The fraction of sp³-hybridized carbons (Fsp3) is 0.269. The third kappa shape index (κ3) is 7.02. The molecule has 1 aromatic heterocycles. The number of hydrogen-bond donors (Lipinski definition) is 2. The maximum absolute atomic E-state index is 13.4. The zero-order chi connectivity index (χ0) is 23.8. The Labute approximate surface area is 198 Å². The van der Waals surface area contributed by atoms with E-state index in [1.54, 1.807) is 17.5 Å². The van der Waals surface area contributed by atoms with E-state index in [1.165, 1.54) is 16.2 Å². The first-order valence-corrected chi connectivity index (χ1v) is 11.6. The van der Waals surface area contributed by atoms with Crippen LogP contribution in [0.1, 0.15) is 47.6 Å². The minimum atomic E-state index is -0.850. The molecule has 6 nitrogen and oxygen atoms in total. The summed E-state index contributed by atoms with van der Waals surface area (Å²) < 4.78 is 0. The Kier molecular flexibility index (Phi) is 8.01. The molecule has 0 aliphatic rings. The van der Waals surface area contributed by atoms with Gasteiger partial charge in [0, 0.05) is 12.1 Å². The smallest absolute Gasteiger partial charge is 0.261 e. The number of rotatable bonds is 8. The molecule has 172 valence electrons. The first-order valence-electron chi connectivity index (χ1n) is 10.8. The highest BCUT2D eigenvalue weighted by atomic mass is 32.1. The van der Waals surface area contributed by atoms with Crippen LogP contribution in [0.4, 0.5) is 0 Å². The molecule has 0 radical (unpaired) electrons. The Hall–Kier alpha value is -3.45. The molecule has 2 aromatic carbocycles. The van der Waals surface area contributed by atoms with Crippen molar-refractivity contribution in [2.75, 3.05) is 6.54 Å². The molecule has 1 unspecified atom stereocenters. The van der Waals surface area contributed by atoms with Crippen molar-refractivity contribution in [1.29, 1.82) is 0 Å². The predicted octanol–water partition coefficient (Wildman–Crippen LogP) is 4.16. The van der Waals surface area contributed by atoms with Crippen molar-refractivity contribution >= 4 is 29.1 Å². The van der Waals surface area contributed by atoms with Gasteiger partial charge in [0.1, 0.15) is 6.04 Å². The topological polar surface area (TPSA) is 78.5 Å². The largest absolute Gasteiger partial charge is 0.349 e. The van der Waals surface area contributed by atoms with Crippen molar-refractivity contribution in [3.8, 4) is 0 Å². The van der Waals surface area contributed by atoms with Crippen molar-refractivity contribution < 1.29 is 14.4 Å². The van der Waals surface area contributed by atoms with Crippen LogP contribution in [0.3, 0.4) is 0 Å². The second kappa shape index (κ2) is 10.9. The number of amides is 3. The van der Waals surface area contributed by atoms with E-state index in [-0.39, 0.29) is 30.8 Å². The molecule has 3 aromatic rings. The first kappa shape index (κ1) is 24.2. The Morgan fingerprint density at radius 2 is 1.55 bits per heavy atom. The van der Waals surface area contributed by atoms with Gasteiger partial charge in [-0.05, 0) is 43.3 Å². The van der Waals surface area contributed by atoms with Crippen molar-refractivity contribution in [3.05, 3.63) is 94.2 Å². The number of carbonyl (C=O) groups excluding carboxylic acids is 3. The summed E-state index contributed by atoms with van der Waals surface area (Å²) in [5, 5.41) is 7.51. The van der Waals surface area contributed by atoms with Gasteiger partial charge in [0.2, 0.25) is 11.8 Å². The molecule has 3 amide bonds. The highest BCUT2D eigenvalue weighted by Gasteiger charge is 2.33. The van der Waals surface area contributed by atoms with Gasteiger partial charge in [-0.1, -0.05) is 66.7 Å². The standard InChI is InChI=1S/C26H29N3O3S/c1-26(2,3)28-25(32)23(20-13-8-5-9-14-20)29(18-19-11-6-4-7-12-19)22(30)17-27-24(31)21-15-10-16-33-21/h4-16,23H,17-18H2,1-3H3,(H,27,31)(H,28,32). The highest BCUT2D eigenvalue weighted by Crippen LogP contribution is 2.25. The van der Waals surface area contributed by atoms with Gasteiger partial charge in [-0.3, -0.25) is 14.4 Å². The number of carbonyl (C=O) groups is 3. The van der Waals surface area contributed by atoms with E-state index >= 15 is 0 Å². The van der Waals surface area contributed by atoms with Crippen LogP contribution in [-0.4, -0.2) is 34.7 Å². The molecule has 1 heterocycles. The normalized spacial score (nSPS) is 12.0. The van der Waals surface area contributed by atoms with Gasteiger partial charge < -0.3 is 15.5 Å². The zero-order valence-electron chi connectivity index (χ0n) is 19.1. The molecule has 7 heteroatoms. The molecule has 2 N–H and O–H groups in total. The van der Waals surface area contributed by atoms with Gasteiger partial charge in [-0.25, -0.2) is 0 Å². The Morgan fingerprint density at radius 1 is 0.909 bits per heavy atom. The van der Waals surface area contributed by atoms with Gasteiger partial charge in [0.05, 0.1) is 11.4 Å². The Morgan fingerprint density at radius 3 is 2.12 bits per heavy atom. The zero-order valence-corrected chi connectivity index (χ0v) is 19.9. The molecule has 0 aliphatic carbocycles. The summed E-state index contributed by atoms with van der Waals surface area (Å²) in [7, 11) is 0. The highest BCUT2D eigenvalue weighted by molar-refractivity contribution is 7.12. The van der Waals surface area contributed by atoms with Crippen LogP contribution in [0.5, 0.6) is 0 Å². The maximum Gasteiger partial charge on any atom is 0.261 e. The average Bonchev–Trinajstić information content (AvgIpc) is 3.32. The van der Waals surface area contributed by atoms with Crippen LogP contribution in [-0.2, 0) is 16.1 Å². The van der Waals surface area contributed by atoms with Crippen molar-refractivity contribution in [3.63, 3.8) is 0 Å². The molecule has 0 fully saturated rings. The summed E-state index contributed by atoms with van der Waals surface area (Å²) >= 11 is 1.31. The van der Waals surface area contributed by atoms with E-state index in [0.29, 0.717) is 10.4 Å². The van der Waals surface area contributed by atoms with Gasteiger partial charge in [-0.2, -0.15) is 0 Å². The van der Waals surface area contributed by atoms with Gasteiger partial charge in [-0.15, -0.1) is 11.3 Å². The first-order chi connectivity index (χ1) is 15.7. The lowest BCUT2D eigenvalue weighted by atomic mass is 10.0. The van der Waals surface area contributed by atoms with E-state index in [1.807, 2.05) is 81.4 Å². The number of nitrogens with zero attached hydrogens (tertiary/aromatic N) is 1. The van der Waals surface area contributed by atoms with E-state index in [0.717, 1.165) is 5.56 Å². The number of nitrogens with one attached hydrogen (secondary N) is 2. The Balaban J connectivity index is 1.92. The average molecular weight is 464 g/mol. The van der Waals surface area contributed by atoms with Gasteiger partial charge >= 0.3 is 0 Å². The summed E-state index contributed by atoms with van der Waals surface area (Å²) in [6, 6.07) is 21.4. The molecule has 0 spiro atoms. The minimum absolute atomic E-state index is 0.213. The van der Waals surface area contributed by atoms with E-state index in [2.05, 4.69) is 10.6 Å². The molecule has 0 saturated heterocycles. The predicted molar refractivity (Wildman–Crippen MR) is 131 cm³/mol. The summed E-state index contributed by atoms with van der Waals surface area (Å²) in [6.45, 7) is 5.72. The summed E-state index contributed by atoms with van der Waals surface area (Å²) in [6.07, 6.45) is 0. The van der Waals surface area contributed by atoms with E-state index < -0.39 is 11.6 Å². The molecule has 3 rings (SSSR count). The van der Waals surface area contributed by atoms with Crippen LogP contribution in [0, 0.1) is 0 Å². The van der Waals surface area contributed by atoms with Crippen molar-refractivity contribution in [2.24, 2.45) is 0 Å². The third-order valence-electron chi connectivity index (χ3n) is 4.83. The van der Waals surface area contributed by atoms with Crippen molar-refractivity contribution in [1.82, 2.24) is 15.5 Å². The second-order valence-electron chi connectivity index (χ2n) is 8.72. The van der Waals surface area contributed by atoms with Gasteiger partial charge in [0.15, 0.2) is 0 Å². The maximum atomic E-state index is 13.4. The van der Waals surface area contributed by atoms with E-state index in [4.69, 9.17) is 0 Å². The molecule has 33 heavy (non-hydrogen) atoms. The molecule has 0 saturated carbocycles. The molecular weight excluding hydrogens is 434 g/mol. The fourth-order valence-electron chi connectivity index (χ4n) is 3.40. The lowest BCUT2D eigenvalue weighted by molar-refractivity contribution is -0.141. The van der Waals surface area contributed by atoms with Crippen LogP contribution < -0.4 is 10.6 Å². The van der Waals surface area contributed by atoms with Crippen molar-refractivity contribution in [2.45, 2.75) is 38.9 Å². The van der Waals surface area contributed by atoms with Crippen LogP contribution >= 0.6 is 11.3 Å². The number of benzene rings is 2. The minimum Gasteiger partial charge on any atom is -0.349 e. The number of hydrogen-bond acceptors (Lipinski definition) is 4.